The average Bonchev–Trinajstić information content (AvgIpc) is 3.11. The number of hydrogen-bond acceptors (Lipinski definition) is 8. The predicted octanol–water partition coefficient (Wildman–Crippen LogP) is 4.59. The van der Waals surface area contributed by atoms with Gasteiger partial charge in [-0.3, -0.25) is 0 Å². The van der Waals surface area contributed by atoms with E-state index in [1.165, 1.54) is 29.9 Å². The van der Waals surface area contributed by atoms with E-state index in [2.05, 4.69) is 20.3 Å². The van der Waals surface area contributed by atoms with Crippen LogP contribution >= 0.6 is 22.9 Å². The zero-order valence-corrected chi connectivity index (χ0v) is 18.3. The van der Waals surface area contributed by atoms with Gasteiger partial charge in [0, 0.05) is 30.4 Å². The lowest BCUT2D eigenvalue weighted by molar-refractivity contribution is 0.479. The molecule has 0 bridgehead atoms. The van der Waals surface area contributed by atoms with Gasteiger partial charge in [0.1, 0.15) is 28.5 Å². The summed E-state index contributed by atoms with van der Waals surface area (Å²) < 4.78 is 29.0. The van der Waals surface area contributed by atoms with Crippen LogP contribution in [-0.4, -0.2) is 36.2 Å². The number of thiophene rings is 1. The normalized spacial score (nSPS) is 11.5. The van der Waals surface area contributed by atoms with E-state index in [1.807, 2.05) is 29.6 Å². The number of pyridine rings is 1. The van der Waals surface area contributed by atoms with Gasteiger partial charge in [0.05, 0.1) is 10.4 Å². The van der Waals surface area contributed by atoms with E-state index in [9.17, 15) is 8.42 Å². The van der Waals surface area contributed by atoms with Crippen LogP contribution in [0.1, 0.15) is 5.56 Å². The van der Waals surface area contributed by atoms with Crippen molar-refractivity contribution in [3.05, 3.63) is 64.9 Å². The van der Waals surface area contributed by atoms with E-state index in [-0.39, 0.29) is 5.03 Å². The van der Waals surface area contributed by atoms with Gasteiger partial charge in [0.2, 0.25) is 0 Å². The lowest BCUT2D eigenvalue weighted by Crippen LogP contribution is -2.06. The molecule has 7 nitrogen and oxygen atoms in total. The first-order chi connectivity index (χ1) is 14.4. The molecule has 4 rings (SSSR count). The fraction of sp³-hybridized carbons (Fsp3) is 0.150. The highest BCUT2D eigenvalue weighted by atomic mass is 35.5. The average molecular weight is 461 g/mol. The Morgan fingerprint density at radius 2 is 1.90 bits per heavy atom. The molecule has 1 N–H and O–H groups in total. The van der Waals surface area contributed by atoms with Gasteiger partial charge in [-0.25, -0.2) is 23.4 Å². The highest BCUT2D eigenvalue weighted by molar-refractivity contribution is 7.90. The molecule has 0 spiro atoms. The summed E-state index contributed by atoms with van der Waals surface area (Å²) in [5, 5.41) is 6.64. The topological polar surface area (TPSA) is 94.1 Å². The Morgan fingerprint density at radius 3 is 2.67 bits per heavy atom. The number of rotatable bonds is 7. The molecule has 0 fully saturated rings. The van der Waals surface area contributed by atoms with Crippen LogP contribution in [0, 0.1) is 0 Å². The van der Waals surface area contributed by atoms with Crippen molar-refractivity contribution in [1.29, 1.82) is 0 Å². The van der Waals surface area contributed by atoms with Crippen LogP contribution in [0.5, 0.6) is 11.5 Å². The summed E-state index contributed by atoms with van der Waals surface area (Å²) in [5.74, 6) is 1.76. The van der Waals surface area contributed by atoms with Crippen molar-refractivity contribution < 1.29 is 13.2 Å². The Hall–Kier alpha value is -2.75. The van der Waals surface area contributed by atoms with Crippen LogP contribution < -0.4 is 10.1 Å². The van der Waals surface area contributed by atoms with Crippen LogP contribution in [0.3, 0.4) is 0 Å². The number of hydrogen-bond donors (Lipinski definition) is 1. The van der Waals surface area contributed by atoms with Crippen LogP contribution in [0.2, 0.25) is 5.02 Å². The molecule has 10 heteroatoms. The highest BCUT2D eigenvalue weighted by Gasteiger charge is 2.11. The molecular weight excluding hydrogens is 444 g/mol. The maximum absolute atomic E-state index is 11.6. The quantitative estimate of drug-likeness (QED) is 0.431. The number of nitrogens with one attached hydrogen (secondary N) is 1. The lowest BCUT2D eigenvalue weighted by Gasteiger charge is -2.09. The molecule has 0 aliphatic rings. The van der Waals surface area contributed by atoms with Crippen LogP contribution in [-0.2, 0) is 16.3 Å². The third kappa shape index (κ3) is 4.69. The first-order valence-corrected chi connectivity index (χ1v) is 12.1. The molecule has 30 heavy (non-hydrogen) atoms. The first kappa shape index (κ1) is 20.5. The number of benzene rings is 1. The zero-order chi connectivity index (χ0) is 21.1. The highest BCUT2D eigenvalue weighted by Crippen LogP contribution is 2.32. The molecule has 0 aliphatic carbocycles. The molecule has 154 valence electrons. The van der Waals surface area contributed by atoms with E-state index in [0.717, 1.165) is 34.3 Å². The molecule has 3 aromatic heterocycles. The number of fused-ring (bicyclic) bond motifs is 1. The van der Waals surface area contributed by atoms with Crippen molar-refractivity contribution in [2.75, 3.05) is 18.1 Å². The van der Waals surface area contributed by atoms with Gasteiger partial charge in [0.25, 0.3) is 0 Å². The summed E-state index contributed by atoms with van der Waals surface area (Å²) in [6, 6.07) is 10.6. The minimum atomic E-state index is -3.39. The Bertz CT molecular complexity index is 1290. The molecule has 0 aliphatic heterocycles. The van der Waals surface area contributed by atoms with Gasteiger partial charge < -0.3 is 10.1 Å². The fourth-order valence-corrected chi connectivity index (χ4v) is 4.53. The smallest absolute Gasteiger partial charge is 0.192 e. The van der Waals surface area contributed by atoms with Crippen molar-refractivity contribution in [2.45, 2.75) is 11.4 Å². The summed E-state index contributed by atoms with van der Waals surface area (Å²) in [5.41, 5.74) is 1.11. The number of sulfone groups is 1. The first-order valence-electron chi connectivity index (χ1n) is 8.94. The van der Waals surface area contributed by atoms with Gasteiger partial charge >= 0.3 is 0 Å². The Labute approximate surface area is 182 Å². The molecular formula is C20H17ClN4O3S2. The second-order valence-corrected chi connectivity index (χ2v) is 9.74. The Kier molecular flexibility index (Phi) is 5.85. The van der Waals surface area contributed by atoms with Gasteiger partial charge in [-0.05, 0) is 30.2 Å². The van der Waals surface area contributed by atoms with Crippen LogP contribution in [0.4, 0.5) is 5.82 Å². The van der Waals surface area contributed by atoms with Crippen molar-refractivity contribution in [3.8, 4) is 11.5 Å². The van der Waals surface area contributed by atoms with Gasteiger partial charge in [-0.1, -0.05) is 23.7 Å². The number of halogens is 1. The minimum Gasteiger partial charge on any atom is -0.457 e. The largest absolute Gasteiger partial charge is 0.457 e. The fourth-order valence-electron chi connectivity index (χ4n) is 2.82. The molecule has 0 unspecified atom stereocenters. The molecule has 0 saturated carbocycles. The van der Waals surface area contributed by atoms with Crippen molar-refractivity contribution >= 4 is 48.8 Å². The van der Waals surface area contributed by atoms with Crippen LogP contribution in [0.25, 0.3) is 10.2 Å². The number of anilines is 1. The maximum Gasteiger partial charge on any atom is 0.192 e. The second kappa shape index (κ2) is 8.55. The summed E-state index contributed by atoms with van der Waals surface area (Å²) in [4.78, 5) is 13.2. The Morgan fingerprint density at radius 1 is 1.10 bits per heavy atom. The van der Waals surface area contributed by atoms with Gasteiger partial charge in [0.15, 0.2) is 14.9 Å². The van der Waals surface area contributed by atoms with E-state index in [4.69, 9.17) is 16.3 Å². The Balaban J connectivity index is 1.38. The summed E-state index contributed by atoms with van der Waals surface area (Å²) in [6.07, 6.45) is 4.83. The predicted molar refractivity (Wildman–Crippen MR) is 118 cm³/mol. The molecule has 1 aromatic carbocycles. The lowest BCUT2D eigenvalue weighted by atomic mass is 10.1. The molecule has 0 amide bonds. The van der Waals surface area contributed by atoms with Crippen LogP contribution in [0.15, 0.2) is 59.3 Å². The molecule has 0 atom stereocenters. The standard InChI is InChI=1S/C20H17ClN4O3S2/c1-30(26,27)17-10-15(7-9-22-17)28-14-4-2-13(3-5-14)6-8-23-19-18-16(21)11-29-20(18)25-12-24-19/h2-5,7,9-12H,6,8H2,1H3,(H,23,24,25). The molecule has 0 radical (unpaired) electrons. The van der Waals surface area contributed by atoms with Crippen molar-refractivity contribution in [3.63, 3.8) is 0 Å². The SMILES string of the molecule is CS(=O)(=O)c1cc(Oc2ccc(CCNc3ncnc4scc(Cl)c34)cc2)ccn1. The summed E-state index contributed by atoms with van der Waals surface area (Å²) in [7, 11) is -3.39. The van der Waals surface area contributed by atoms with Gasteiger partial charge in [-0.15, -0.1) is 11.3 Å². The number of nitrogens with zero attached hydrogens (tertiary/aromatic N) is 3. The third-order valence-corrected chi connectivity index (χ3v) is 6.57. The number of ether oxygens (including phenoxy) is 1. The third-order valence-electron chi connectivity index (χ3n) is 4.28. The van der Waals surface area contributed by atoms with E-state index in [1.54, 1.807) is 6.07 Å². The zero-order valence-electron chi connectivity index (χ0n) is 15.9. The van der Waals surface area contributed by atoms with Crippen molar-refractivity contribution in [2.24, 2.45) is 0 Å². The minimum absolute atomic E-state index is 0.0211. The van der Waals surface area contributed by atoms with E-state index >= 15 is 0 Å². The molecule has 0 saturated heterocycles. The summed E-state index contributed by atoms with van der Waals surface area (Å²) in [6.45, 7) is 0.681. The van der Waals surface area contributed by atoms with E-state index in [0.29, 0.717) is 23.1 Å². The number of aromatic nitrogens is 3. The second-order valence-electron chi connectivity index (χ2n) is 6.51. The summed E-state index contributed by atoms with van der Waals surface area (Å²) >= 11 is 7.72. The molecule has 4 aromatic rings. The van der Waals surface area contributed by atoms with Crippen molar-refractivity contribution in [1.82, 2.24) is 15.0 Å². The molecule has 3 heterocycles. The maximum atomic E-state index is 11.6. The monoisotopic (exact) mass is 460 g/mol. The van der Waals surface area contributed by atoms with Gasteiger partial charge in [-0.2, -0.15) is 0 Å². The van der Waals surface area contributed by atoms with E-state index < -0.39 is 9.84 Å².